The van der Waals surface area contributed by atoms with E-state index in [1.165, 1.54) is 161 Å². The quantitative estimate of drug-likeness (QED) is 0.0325. The molecule has 3 N–H and O–H groups in total. The molecule has 6 nitrogen and oxygen atoms in total. The SMILES string of the molecule is CCCCCCCCC/C=C/CCCCCCCC(=O)OC(CCCCCCCCCCCCC)CC(=O)NC(CO)C(O)CCCCCCCCCCC. The smallest absolute Gasteiger partial charge is 0.306 e. The highest BCUT2D eigenvalue weighted by Gasteiger charge is 2.24. The molecule has 0 saturated heterocycles. The molecule has 0 heterocycles. The number of aliphatic hydroxyl groups excluding tert-OH is 2. The number of allylic oxidation sites excluding steroid dienone is 2. The van der Waals surface area contributed by atoms with Crippen LogP contribution in [0.2, 0.25) is 0 Å². The summed E-state index contributed by atoms with van der Waals surface area (Å²) in [7, 11) is 0. The lowest BCUT2D eigenvalue weighted by molar-refractivity contribution is -0.151. The van der Waals surface area contributed by atoms with Crippen LogP contribution in [-0.2, 0) is 14.3 Å². The highest BCUT2D eigenvalue weighted by atomic mass is 16.5. The zero-order chi connectivity index (χ0) is 40.3. The van der Waals surface area contributed by atoms with Crippen molar-refractivity contribution in [3.8, 4) is 0 Å². The van der Waals surface area contributed by atoms with Crippen LogP contribution in [0.15, 0.2) is 12.2 Å². The normalized spacial score (nSPS) is 13.3. The standard InChI is InChI=1S/C49H95NO5/c1-4-7-10-13-16-19-21-22-23-24-25-27-30-33-36-39-42-49(54)55-45(40-37-34-31-29-26-20-17-14-11-8-5-2)43-48(53)50-46(44-51)47(52)41-38-35-32-28-18-15-12-9-6-3/h23-24,45-47,51-52H,4-22,25-44H2,1-3H3,(H,50,53)/b24-23+. The van der Waals surface area contributed by atoms with E-state index in [-0.39, 0.29) is 24.9 Å². The Morgan fingerprint density at radius 3 is 1.29 bits per heavy atom. The summed E-state index contributed by atoms with van der Waals surface area (Å²) in [5.41, 5.74) is 0. The molecule has 0 radical (unpaired) electrons. The number of hydrogen-bond acceptors (Lipinski definition) is 5. The molecule has 55 heavy (non-hydrogen) atoms. The van der Waals surface area contributed by atoms with Crippen LogP contribution in [-0.4, -0.2) is 46.9 Å². The highest BCUT2D eigenvalue weighted by Crippen LogP contribution is 2.18. The fraction of sp³-hybridized carbons (Fsp3) is 0.918. The summed E-state index contributed by atoms with van der Waals surface area (Å²) in [6.07, 6.45) is 47.0. The van der Waals surface area contributed by atoms with Gasteiger partial charge in [0.2, 0.25) is 5.91 Å². The zero-order valence-electron chi connectivity index (χ0n) is 37.1. The zero-order valence-corrected chi connectivity index (χ0v) is 37.1. The van der Waals surface area contributed by atoms with Crippen molar-refractivity contribution in [3.05, 3.63) is 12.2 Å². The largest absolute Gasteiger partial charge is 0.462 e. The van der Waals surface area contributed by atoms with E-state index >= 15 is 0 Å². The second kappa shape index (κ2) is 43.7. The summed E-state index contributed by atoms with van der Waals surface area (Å²) >= 11 is 0. The Labute approximate surface area is 342 Å². The second-order valence-corrected chi connectivity index (χ2v) is 16.9. The van der Waals surface area contributed by atoms with Gasteiger partial charge in [-0.2, -0.15) is 0 Å². The molecule has 0 rings (SSSR count). The molecular formula is C49H95NO5. The predicted octanol–water partition coefficient (Wildman–Crippen LogP) is 14.2. The van der Waals surface area contributed by atoms with Gasteiger partial charge in [0, 0.05) is 6.42 Å². The van der Waals surface area contributed by atoms with E-state index in [0.717, 1.165) is 57.8 Å². The van der Waals surface area contributed by atoms with Gasteiger partial charge in [0.1, 0.15) is 6.10 Å². The van der Waals surface area contributed by atoms with Crippen molar-refractivity contribution in [2.75, 3.05) is 6.61 Å². The van der Waals surface area contributed by atoms with Crippen molar-refractivity contribution in [2.45, 2.75) is 283 Å². The Balaban J connectivity index is 4.51. The Hall–Kier alpha value is -1.40. The number of carbonyl (C=O) groups is 2. The van der Waals surface area contributed by atoms with Crippen molar-refractivity contribution < 1.29 is 24.5 Å². The van der Waals surface area contributed by atoms with Crippen molar-refractivity contribution in [3.63, 3.8) is 0 Å². The number of ether oxygens (including phenoxy) is 1. The summed E-state index contributed by atoms with van der Waals surface area (Å²) in [5, 5.41) is 23.6. The number of unbranched alkanes of at least 4 members (excludes halogenated alkanes) is 30. The van der Waals surface area contributed by atoms with E-state index in [9.17, 15) is 19.8 Å². The lowest BCUT2D eigenvalue weighted by Gasteiger charge is -2.24. The van der Waals surface area contributed by atoms with E-state index in [0.29, 0.717) is 19.3 Å². The Bertz CT molecular complexity index is 832. The first kappa shape index (κ1) is 53.6. The van der Waals surface area contributed by atoms with Gasteiger partial charge >= 0.3 is 5.97 Å². The molecular weight excluding hydrogens is 683 g/mol. The fourth-order valence-corrected chi connectivity index (χ4v) is 7.60. The number of amides is 1. The maximum atomic E-state index is 13.1. The number of rotatable bonds is 44. The van der Waals surface area contributed by atoms with Gasteiger partial charge in [-0.25, -0.2) is 0 Å². The van der Waals surface area contributed by atoms with Gasteiger partial charge in [-0.1, -0.05) is 213 Å². The molecule has 3 atom stereocenters. The van der Waals surface area contributed by atoms with Gasteiger partial charge in [-0.3, -0.25) is 9.59 Å². The molecule has 0 aromatic heterocycles. The average molecular weight is 778 g/mol. The highest BCUT2D eigenvalue weighted by molar-refractivity contribution is 5.77. The third-order valence-electron chi connectivity index (χ3n) is 11.3. The summed E-state index contributed by atoms with van der Waals surface area (Å²) in [6, 6.07) is -0.694. The van der Waals surface area contributed by atoms with Crippen LogP contribution in [0, 0.1) is 0 Å². The first-order chi connectivity index (χ1) is 27.0. The first-order valence-electron chi connectivity index (χ1n) is 24.4. The third kappa shape index (κ3) is 39.2. The molecule has 0 aromatic rings. The summed E-state index contributed by atoms with van der Waals surface area (Å²) < 4.78 is 5.91. The van der Waals surface area contributed by atoms with Crippen LogP contribution in [0.3, 0.4) is 0 Å². The molecule has 1 amide bonds. The Kier molecular flexibility index (Phi) is 42.6. The van der Waals surface area contributed by atoms with Gasteiger partial charge in [0.15, 0.2) is 0 Å². The molecule has 6 heteroatoms. The van der Waals surface area contributed by atoms with Crippen molar-refractivity contribution in [1.29, 1.82) is 0 Å². The topological polar surface area (TPSA) is 95.9 Å². The molecule has 0 fully saturated rings. The molecule has 0 aromatic carbocycles. The van der Waals surface area contributed by atoms with E-state index in [1.807, 2.05) is 0 Å². The lowest BCUT2D eigenvalue weighted by atomic mass is 10.0. The fourth-order valence-electron chi connectivity index (χ4n) is 7.60. The maximum absolute atomic E-state index is 13.1. The molecule has 326 valence electrons. The van der Waals surface area contributed by atoms with Crippen LogP contribution < -0.4 is 5.32 Å². The van der Waals surface area contributed by atoms with E-state index in [2.05, 4.69) is 38.2 Å². The number of nitrogens with one attached hydrogen (secondary N) is 1. The van der Waals surface area contributed by atoms with E-state index < -0.39 is 18.2 Å². The monoisotopic (exact) mass is 778 g/mol. The number of carbonyl (C=O) groups excluding carboxylic acids is 2. The van der Waals surface area contributed by atoms with Crippen molar-refractivity contribution in [1.82, 2.24) is 5.32 Å². The van der Waals surface area contributed by atoms with Crippen LogP contribution in [0.1, 0.15) is 265 Å². The van der Waals surface area contributed by atoms with Crippen LogP contribution in [0.25, 0.3) is 0 Å². The minimum absolute atomic E-state index is 0.0806. The Morgan fingerprint density at radius 1 is 0.509 bits per heavy atom. The van der Waals surface area contributed by atoms with Gasteiger partial charge in [-0.05, 0) is 51.4 Å². The Morgan fingerprint density at radius 2 is 0.873 bits per heavy atom. The second-order valence-electron chi connectivity index (χ2n) is 16.9. The van der Waals surface area contributed by atoms with Gasteiger partial charge in [0.05, 0.1) is 25.2 Å². The van der Waals surface area contributed by atoms with Crippen molar-refractivity contribution in [2.24, 2.45) is 0 Å². The number of aliphatic hydroxyl groups is 2. The summed E-state index contributed by atoms with van der Waals surface area (Å²) in [6.45, 7) is 6.46. The summed E-state index contributed by atoms with van der Waals surface area (Å²) in [5.74, 6) is -0.471. The molecule has 0 saturated carbocycles. The molecule has 0 aliphatic heterocycles. The average Bonchev–Trinajstić information content (AvgIpc) is 3.18. The molecule has 3 unspecified atom stereocenters. The number of hydrogen-bond donors (Lipinski definition) is 3. The first-order valence-corrected chi connectivity index (χ1v) is 24.4. The molecule has 0 bridgehead atoms. The van der Waals surface area contributed by atoms with E-state index in [1.54, 1.807) is 0 Å². The van der Waals surface area contributed by atoms with E-state index in [4.69, 9.17) is 4.74 Å². The lowest BCUT2D eigenvalue weighted by Crippen LogP contribution is -2.46. The molecule has 0 spiro atoms. The van der Waals surface area contributed by atoms with Gasteiger partial charge in [0.25, 0.3) is 0 Å². The summed E-state index contributed by atoms with van der Waals surface area (Å²) in [4.78, 5) is 26.0. The molecule has 0 aliphatic rings. The molecule has 0 aliphatic carbocycles. The van der Waals surface area contributed by atoms with Crippen LogP contribution in [0.4, 0.5) is 0 Å². The minimum atomic E-state index is -0.780. The van der Waals surface area contributed by atoms with Crippen molar-refractivity contribution >= 4 is 11.9 Å². The number of esters is 1. The van der Waals surface area contributed by atoms with Gasteiger partial charge in [-0.15, -0.1) is 0 Å². The third-order valence-corrected chi connectivity index (χ3v) is 11.3. The van der Waals surface area contributed by atoms with Crippen LogP contribution in [0.5, 0.6) is 0 Å². The minimum Gasteiger partial charge on any atom is -0.462 e. The van der Waals surface area contributed by atoms with Crippen LogP contribution >= 0.6 is 0 Å². The maximum Gasteiger partial charge on any atom is 0.306 e. The predicted molar refractivity (Wildman–Crippen MR) is 237 cm³/mol. The van der Waals surface area contributed by atoms with Gasteiger partial charge < -0.3 is 20.3 Å².